The molecule has 0 bridgehead atoms. The van der Waals surface area contributed by atoms with Gasteiger partial charge in [-0.2, -0.15) is 15.6 Å². The first-order valence-electron chi connectivity index (χ1n) is 14.1. The Hall–Kier alpha value is -4.39. The number of nitrogens with zero attached hydrogens (tertiary/aromatic N) is 9. The summed E-state index contributed by atoms with van der Waals surface area (Å²) in [5.74, 6) is 0.453. The van der Waals surface area contributed by atoms with E-state index in [0.717, 1.165) is 41.4 Å². The quantitative estimate of drug-likeness (QED) is 0.135. The Morgan fingerprint density at radius 1 is 1.21 bits per heavy atom. The molecular formula is C30H35N9O2Si. The molecule has 2 atom stereocenters. The number of ether oxygens (including phenoxy) is 1. The van der Waals surface area contributed by atoms with Crippen LogP contribution in [0.2, 0.25) is 25.7 Å². The van der Waals surface area contributed by atoms with Gasteiger partial charge in [-0.1, -0.05) is 19.6 Å². The van der Waals surface area contributed by atoms with Crippen LogP contribution in [0.15, 0.2) is 43.2 Å². The van der Waals surface area contributed by atoms with Crippen LogP contribution in [0.1, 0.15) is 41.7 Å². The zero-order valence-corrected chi connectivity index (χ0v) is 25.5. The summed E-state index contributed by atoms with van der Waals surface area (Å²) in [6.45, 7) is 10.9. The van der Waals surface area contributed by atoms with Crippen molar-refractivity contribution in [3.8, 4) is 23.4 Å². The van der Waals surface area contributed by atoms with E-state index >= 15 is 0 Å². The first-order chi connectivity index (χ1) is 20.2. The predicted octanol–water partition coefficient (Wildman–Crippen LogP) is 5.06. The lowest BCUT2D eigenvalue weighted by Gasteiger charge is -2.23. The lowest BCUT2D eigenvalue weighted by Crippen LogP contribution is -2.26. The Kier molecular flexibility index (Phi) is 8.48. The topological polar surface area (TPSA) is 139 Å². The van der Waals surface area contributed by atoms with Gasteiger partial charge < -0.3 is 14.2 Å². The molecule has 1 fully saturated rings. The van der Waals surface area contributed by atoms with Gasteiger partial charge in [0, 0.05) is 68.8 Å². The van der Waals surface area contributed by atoms with E-state index in [4.69, 9.17) is 4.74 Å². The number of ketones is 1. The number of hydrogen-bond donors (Lipinski definition) is 0. The Morgan fingerprint density at radius 3 is 2.79 bits per heavy atom. The summed E-state index contributed by atoms with van der Waals surface area (Å²) in [5, 5.41) is 25.0. The van der Waals surface area contributed by atoms with Crippen molar-refractivity contribution in [2.24, 2.45) is 5.92 Å². The van der Waals surface area contributed by atoms with Crippen LogP contribution in [0.5, 0.6) is 0 Å². The van der Waals surface area contributed by atoms with Crippen molar-refractivity contribution in [2.75, 3.05) is 24.6 Å². The van der Waals surface area contributed by atoms with Crippen molar-refractivity contribution in [3.63, 3.8) is 0 Å². The molecule has 5 heterocycles. The lowest BCUT2D eigenvalue weighted by atomic mass is 9.96. The second-order valence-electron chi connectivity index (χ2n) is 12.0. The highest BCUT2D eigenvalue weighted by Gasteiger charge is 2.33. The van der Waals surface area contributed by atoms with E-state index in [9.17, 15) is 15.3 Å². The zero-order chi connectivity index (χ0) is 29.9. The van der Waals surface area contributed by atoms with Gasteiger partial charge in [0.15, 0.2) is 5.78 Å². The zero-order valence-electron chi connectivity index (χ0n) is 24.5. The predicted molar refractivity (Wildman–Crippen MR) is 161 cm³/mol. The molecule has 12 heteroatoms. The third-order valence-electron chi connectivity index (χ3n) is 7.79. The third kappa shape index (κ3) is 6.10. The molecule has 0 aliphatic carbocycles. The molecule has 0 saturated carbocycles. The number of anilines is 1. The van der Waals surface area contributed by atoms with Gasteiger partial charge in [0.1, 0.15) is 36.2 Å². The van der Waals surface area contributed by atoms with Crippen LogP contribution in [-0.2, 0) is 11.5 Å². The smallest absolute Gasteiger partial charge is 0.161 e. The highest BCUT2D eigenvalue weighted by atomic mass is 28.3. The molecule has 0 N–H and O–H groups in total. The molecule has 216 valence electrons. The molecular weight excluding hydrogens is 546 g/mol. The molecule has 0 amide bonds. The van der Waals surface area contributed by atoms with Crippen LogP contribution in [-0.4, -0.2) is 62.9 Å². The minimum absolute atomic E-state index is 0.103. The van der Waals surface area contributed by atoms with E-state index in [1.165, 1.54) is 6.92 Å². The first kappa shape index (κ1) is 29.1. The normalized spacial score (nSPS) is 16.0. The first-order valence-corrected chi connectivity index (χ1v) is 17.8. The van der Waals surface area contributed by atoms with Crippen molar-refractivity contribution in [1.29, 1.82) is 10.5 Å². The van der Waals surface area contributed by atoms with Crippen molar-refractivity contribution in [1.82, 2.24) is 29.3 Å². The average Bonchev–Trinajstić information content (AvgIpc) is 3.73. The standard InChI is InChI=1S/C30H35N9O2Si/c1-21(40)24-6-10-33-30(26(24)15-32)37-11-7-22(17-37)27(5-9-31)39-18-23(16-36-39)28-25-8-12-38(29(25)35-19-34-28)20-41-13-14-42(2,3)4/h6,8,10,12,16,18-19,22,27H,5,7,11,13-14,17,20H2,1-4H3/t22-,27-/m0/s1. The summed E-state index contributed by atoms with van der Waals surface area (Å²) in [6.07, 6.45) is 9.92. The van der Waals surface area contributed by atoms with E-state index in [-0.39, 0.29) is 24.2 Å². The molecule has 0 spiro atoms. The largest absolute Gasteiger partial charge is 0.361 e. The van der Waals surface area contributed by atoms with E-state index in [0.29, 0.717) is 36.8 Å². The minimum Gasteiger partial charge on any atom is -0.361 e. The summed E-state index contributed by atoms with van der Waals surface area (Å²) in [5.41, 5.74) is 3.10. The summed E-state index contributed by atoms with van der Waals surface area (Å²) in [7, 11) is -1.16. The van der Waals surface area contributed by atoms with E-state index in [1.54, 1.807) is 24.8 Å². The van der Waals surface area contributed by atoms with Crippen molar-refractivity contribution < 1.29 is 9.53 Å². The van der Waals surface area contributed by atoms with Crippen LogP contribution in [0.25, 0.3) is 22.3 Å². The van der Waals surface area contributed by atoms with Gasteiger partial charge in [0.05, 0.1) is 30.4 Å². The van der Waals surface area contributed by atoms with Gasteiger partial charge in [-0.15, -0.1) is 0 Å². The number of rotatable bonds is 11. The summed E-state index contributed by atoms with van der Waals surface area (Å²) < 4.78 is 9.80. The molecule has 1 aliphatic heterocycles. The highest BCUT2D eigenvalue weighted by Crippen LogP contribution is 2.35. The van der Waals surface area contributed by atoms with E-state index in [2.05, 4.69) is 51.8 Å². The fraction of sp³-hybridized carbons (Fsp3) is 0.433. The maximum absolute atomic E-state index is 12.1. The van der Waals surface area contributed by atoms with Crippen LogP contribution in [0, 0.1) is 28.6 Å². The van der Waals surface area contributed by atoms with Crippen LogP contribution in [0.4, 0.5) is 5.82 Å². The van der Waals surface area contributed by atoms with E-state index in [1.807, 2.05) is 32.6 Å². The molecule has 0 radical (unpaired) electrons. The van der Waals surface area contributed by atoms with Gasteiger partial charge in [0.25, 0.3) is 0 Å². The molecule has 4 aromatic heterocycles. The number of aromatic nitrogens is 6. The van der Waals surface area contributed by atoms with Gasteiger partial charge in [-0.25, -0.2) is 15.0 Å². The number of pyridine rings is 1. The van der Waals surface area contributed by atoms with Crippen molar-refractivity contribution >= 4 is 30.7 Å². The number of carbonyl (C=O) groups excluding carboxylic acids is 1. The summed E-state index contributed by atoms with van der Waals surface area (Å²) >= 11 is 0. The van der Waals surface area contributed by atoms with Crippen LogP contribution in [0.3, 0.4) is 0 Å². The average molecular weight is 582 g/mol. The highest BCUT2D eigenvalue weighted by molar-refractivity contribution is 6.76. The Balaban J connectivity index is 1.35. The van der Waals surface area contributed by atoms with Crippen LogP contribution >= 0.6 is 0 Å². The SMILES string of the molecule is CC(=O)c1ccnc(N2CC[C@H]([C@H](CC#N)n3cc(-c4ncnc5c4ccn5COCC[Si](C)(C)C)cn3)C2)c1C#N. The lowest BCUT2D eigenvalue weighted by molar-refractivity contribution is 0.0899. The number of nitriles is 2. The van der Waals surface area contributed by atoms with Crippen LogP contribution < -0.4 is 4.90 Å². The number of fused-ring (bicyclic) bond motifs is 1. The molecule has 4 aromatic rings. The number of carbonyl (C=O) groups is 1. The van der Waals surface area contributed by atoms with Crippen molar-refractivity contribution in [2.45, 2.75) is 58.2 Å². The van der Waals surface area contributed by atoms with Gasteiger partial charge in [0.2, 0.25) is 0 Å². The Labute approximate surface area is 246 Å². The third-order valence-corrected chi connectivity index (χ3v) is 9.49. The molecule has 1 saturated heterocycles. The van der Waals surface area contributed by atoms with Gasteiger partial charge in [-0.3, -0.25) is 9.48 Å². The number of hydrogen-bond acceptors (Lipinski definition) is 9. The Morgan fingerprint density at radius 2 is 2.05 bits per heavy atom. The second kappa shape index (κ2) is 12.2. The molecule has 11 nitrogen and oxygen atoms in total. The summed E-state index contributed by atoms with van der Waals surface area (Å²) in [6, 6.07) is 9.02. The monoisotopic (exact) mass is 581 g/mol. The van der Waals surface area contributed by atoms with E-state index < -0.39 is 8.07 Å². The molecule has 42 heavy (non-hydrogen) atoms. The maximum atomic E-state index is 12.1. The fourth-order valence-corrected chi connectivity index (χ4v) is 6.24. The molecule has 0 aromatic carbocycles. The van der Waals surface area contributed by atoms with Gasteiger partial charge >= 0.3 is 0 Å². The molecule has 5 rings (SSSR count). The van der Waals surface area contributed by atoms with Gasteiger partial charge in [-0.05, 0) is 31.5 Å². The summed E-state index contributed by atoms with van der Waals surface area (Å²) in [4.78, 5) is 27.6. The Bertz CT molecular complexity index is 1670. The second-order valence-corrected chi connectivity index (χ2v) is 17.6. The van der Waals surface area contributed by atoms with Crippen molar-refractivity contribution in [3.05, 3.63) is 54.4 Å². The molecule has 1 aliphatic rings. The number of Topliss-reactive ketones (excluding diaryl/α,β-unsaturated/α-hetero) is 1. The fourth-order valence-electron chi connectivity index (χ4n) is 5.48. The maximum Gasteiger partial charge on any atom is 0.161 e. The minimum atomic E-state index is -1.16. The molecule has 0 unspecified atom stereocenters.